The second-order valence-corrected chi connectivity index (χ2v) is 8.94. The molecule has 166 valence electrons. The van der Waals surface area contributed by atoms with Crippen LogP contribution in [-0.2, 0) is 11.6 Å². The number of nitrogens with one attached hydrogen (secondary N) is 1. The van der Waals surface area contributed by atoms with Gasteiger partial charge in [-0.1, -0.05) is 32.9 Å². The topological polar surface area (TPSA) is 49.4 Å². The third kappa shape index (κ3) is 5.66. The number of carbonyl (C=O) groups excluding carboxylic acids is 2. The Morgan fingerprint density at radius 3 is 1.81 bits per heavy atom. The summed E-state index contributed by atoms with van der Waals surface area (Å²) in [7, 11) is 0. The zero-order chi connectivity index (χ0) is 22.8. The van der Waals surface area contributed by atoms with Crippen molar-refractivity contribution in [2.24, 2.45) is 0 Å². The van der Waals surface area contributed by atoms with Crippen LogP contribution in [-0.4, -0.2) is 35.8 Å². The Morgan fingerprint density at radius 1 is 0.839 bits per heavy atom. The number of halogens is 3. The summed E-state index contributed by atoms with van der Waals surface area (Å²) in [6.45, 7) is 7.22. The van der Waals surface area contributed by atoms with Crippen LogP contribution >= 0.6 is 0 Å². The highest BCUT2D eigenvalue weighted by atomic mass is 19.4. The maximum absolute atomic E-state index is 12.7. The Balaban J connectivity index is 1.53. The van der Waals surface area contributed by atoms with Crippen molar-refractivity contribution < 1.29 is 22.8 Å². The molecule has 0 radical (unpaired) electrons. The summed E-state index contributed by atoms with van der Waals surface area (Å²) in [6, 6.07) is 11.8. The van der Waals surface area contributed by atoms with E-state index in [4.69, 9.17) is 0 Å². The number of piperidine rings is 1. The molecule has 2 amide bonds. The Labute approximate surface area is 180 Å². The van der Waals surface area contributed by atoms with Crippen LogP contribution in [0.25, 0.3) is 0 Å². The van der Waals surface area contributed by atoms with Gasteiger partial charge in [-0.05, 0) is 60.2 Å². The first kappa shape index (κ1) is 22.8. The molecule has 1 heterocycles. The van der Waals surface area contributed by atoms with Gasteiger partial charge in [0.15, 0.2) is 0 Å². The van der Waals surface area contributed by atoms with Gasteiger partial charge in [0, 0.05) is 30.3 Å². The van der Waals surface area contributed by atoms with Gasteiger partial charge in [0.25, 0.3) is 11.8 Å². The first-order chi connectivity index (χ1) is 14.4. The highest BCUT2D eigenvalue weighted by Gasteiger charge is 2.31. The van der Waals surface area contributed by atoms with Crippen molar-refractivity contribution >= 4 is 11.8 Å². The van der Waals surface area contributed by atoms with Crippen LogP contribution < -0.4 is 5.32 Å². The van der Waals surface area contributed by atoms with Crippen LogP contribution in [0.2, 0.25) is 0 Å². The molecule has 0 spiro atoms. The van der Waals surface area contributed by atoms with Crippen LogP contribution in [0, 0.1) is 0 Å². The third-order valence-corrected chi connectivity index (χ3v) is 5.59. The van der Waals surface area contributed by atoms with Crippen LogP contribution in [0.4, 0.5) is 13.2 Å². The van der Waals surface area contributed by atoms with Gasteiger partial charge in [-0.25, -0.2) is 0 Å². The van der Waals surface area contributed by atoms with E-state index in [1.54, 1.807) is 4.90 Å². The molecule has 2 aromatic carbocycles. The molecule has 31 heavy (non-hydrogen) atoms. The van der Waals surface area contributed by atoms with Crippen molar-refractivity contribution in [2.75, 3.05) is 13.1 Å². The van der Waals surface area contributed by atoms with Gasteiger partial charge in [-0.15, -0.1) is 0 Å². The minimum atomic E-state index is -4.43. The molecule has 1 aliphatic heterocycles. The molecule has 1 aliphatic rings. The molecule has 1 saturated heterocycles. The predicted molar refractivity (Wildman–Crippen MR) is 113 cm³/mol. The SMILES string of the molecule is CC(C)(C)c1ccc(C(=O)NC2CCN(C(=O)c3ccc(C(F)(F)F)cc3)CC2)cc1. The maximum Gasteiger partial charge on any atom is 0.416 e. The highest BCUT2D eigenvalue weighted by molar-refractivity contribution is 5.95. The summed E-state index contributed by atoms with van der Waals surface area (Å²) >= 11 is 0. The van der Waals surface area contributed by atoms with Gasteiger partial charge in [-0.2, -0.15) is 13.2 Å². The van der Waals surface area contributed by atoms with Gasteiger partial charge in [-0.3, -0.25) is 9.59 Å². The van der Waals surface area contributed by atoms with Crippen molar-refractivity contribution in [3.05, 3.63) is 70.8 Å². The molecule has 0 bridgehead atoms. The highest BCUT2D eigenvalue weighted by Crippen LogP contribution is 2.29. The number of hydrogen-bond acceptors (Lipinski definition) is 2. The summed E-state index contributed by atoms with van der Waals surface area (Å²) in [4.78, 5) is 26.7. The van der Waals surface area contributed by atoms with Crippen molar-refractivity contribution in [2.45, 2.75) is 51.2 Å². The lowest BCUT2D eigenvalue weighted by atomic mass is 9.86. The van der Waals surface area contributed by atoms with E-state index in [0.29, 0.717) is 31.5 Å². The van der Waals surface area contributed by atoms with Crippen molar-refractivity contribution in [1.29, 1.82) is 0 Å². The summed E-state index contributed by atoms with van der Waals surface area (Å²) < 4.78 is 38.1. The molecule has 3 rings (SSSR count). The fourth-order valence-corrected chi connectivity index (χ4v) is 3.60. The molecule has 4 nitrogen and oxygen atoms in total. The molecular weight excluding hydrogens is 405 g/mol. The molecule has 0 unspecified atom stereocenters. The number of carbonyl (C=O) groups is 2. The van der Waals surface area contributed by atoms with Gasteiger partial charge < -0.3 is 10.2 Å². The first-order valence-corrected chi connectivity index (χ1v) is 10.3. The molecule has 0 saturated carbocycles. The Morgan fingerprint density at radius 2 is 1.32 bits per heavy atom. The molecule has 7 heteroatoms. The quantitative estimate of drug-likeness (QED) is 0.739. The monoisotopic (exact) mass is 432 g/mol. The number of alkyl halides is 3. The minimum Gasteiger partial charge on any atom is -0.349 e. The van der Waals surface area contributed by atoms with E-state index >= 15 is 0 Å². The Hall–Kier alpha value is -2.83. The van der Waals surface area contributed by atoms with E-state index < -0.39 is 11.7 Å². The van der Waals surface area contributed by atoms with E-state index in [-0.39, 0.29) is 28.8 Å². The van der Waals surface area contributed by atoms with Crippen LogP contribution in [0.3, 0.4) is 0 Å². The number of nitrogens with zero attached hydrogens (tertiary/aromatic N) is 1. The Bertz CT molecular complexity index is 921. The smallest absolute Gasteiger partial charge is 0.349 e. The average Bonchev–Trinajstić information content (AvgIpc) is 2.73. The standard InChI is InChI=1S/C24H27F3N2O2/c1-23(2,3)18-8-4-16(5-9-18)21(30)28-20-12-14-29(15-13-20)22(31)17-6-10-19(11-7-17)24(25,26)27/h4-11,20H,12-15H2,1-3H3,(H,28,30). The summed E-state index contributed by atoms with van der Waals surface area (Å²) in [6.07, 6.45) is -3.23. The lowest BCUT2D eigenvalue weighted by molar-refractivity contribution is -0.137. The fourth-order valence-electron chi connectivity index (χ4n) is 3.60. The molecule has 2 aromatic rings. The minimum absolute atomic E-state index is 0.0153. The first-order valence-electron chi connectivity index (χ1n) is 10.3. The van der Waals surface area contributed by atoms with Gasteiger partial charge in [0.2, 0.25) is 0 Å². The second-order valence-electron chi connectivity index (χ2n) is 8.94. The number of likely N-dealkylation sites (tertiary alicyclic amines) is 1. The number of benzene rings is 2. The van der Waals surface area contributed by atoms with Crippen molar-refractivity contribution in [3.63, 3.8) is 0 Å². The van der Waals surface area contributed by atoms with Crippen LogP contribution in [0.1, 0.15) is 65.5 Å². The summed E-state index contributed by atoms with van der Waals surface area (Å²) in [5, 5.41) is 3.01. The summed E-state index contributed by atoms with van der Waals surface area (Å²) in [5.41, 5.74) is 1.22. The molecule has 0 aliphatic carbocycles. The molecule has 0 atom stereocenters. The number of amides is 2. The Kier molecular flexibility index (Phi) is 6.43. The second kappa shape index (κ2) is 8.73. The molecule has 1 N–H and O–H groups in total. The average molecular weight is 432 g/mol. The molecule has 1 fully saturated rings. The molecule has 0 aromatic heterocycles. The van der Waals surface area contributed by atoms with Crippen LogP contribution in [0.15, 0.2) is 48.5 Å². The number of hydrogen-bond donors (Lipinski definition) is 1. The van der Waals surface area contributed by atoms with Gasteiger partial charge in [0.1, 0.15) is 0 Å². The van der Waals surface area contributed by atoms with Gasteiger partial charge in [0.05, 0.1) is 5.56 Å². The fraction of sp³-hybridized carbons (Fsp3) is 0.417. The maximum atomic E-state index is 12.7. The van der Waals surface area contributed by atoms with Crippen molar-refractivity contribution in [1.82, 2.24) is 10.2 Å². The van der Waals surface area contributed by atoms with E-state index in [2.05, 4.69) is 26.1 Å². The van der Waals surface area contributed by atoms with E-state index in [9.17, 15) is 22.8 Å². The summed E-state index contributed by atoms with van der Waals surface area (Å²) in [5.74, 6) is -0.441. The van der Waals surface area contributed by atoms with E-state index in [1.807, 2.05) is 24.3 Å². The lowest BCUT2D eigenvalue weighted by Crippen LogP contribution is -2.46. The number of rotatable bonds is 3. The van der Waals surface area contributed by atoms with Gasteiger partial charge >= 0.3 is 6.18 Å². The zero-order valence-corrected chi connectivity index (χ0v) is 17.9. The predicted octanol–water partition coefficient (Wildman–Crippen LogP) is 5.04. The van der Waals surface area contributed by atoms with Crippen LogP contribution in [0.5, 0.6) is 0 Å². The molecular formula is C24H27F3N2O2. The normalized spacial score (nSPS) is 15.6. The van der Waals surface area contributed by atoms with E-state index in [0.717, 1.165) is 17.7 Å². The van der Waals surface area contributed by atoms with Crippen molar-refractivity contribution in [3.8, 4) is 0 Å². The lowest BCUT2D eigenvalue weighted by Gasteiger charge is -2.32. The third-order valence-electron chi connectivity index (χ3n) is 5.59. The largest absolute Gasteiger partial charge is 0.416 e. The van der Waals surface area contributed by atoms with E-state index in [1.165, 1.54) is 12.1 Å². The zero-order valence-electron chi connectivity index (χ0n) is 17.9.